The number of aromatic nitrogens is 2. The molecule has 18 heavy (non-hydrogen) atoms. The molecule has 0 unspecified atom stereocenters. The van der Waals surface area contributed by atoms with Gasteiger partial charge in [-0.1, -0.05) is 12.1 Å². The van der Waals surface area contributed by atoms with Gasteiger partial charge in [-0.2, -0.15) is 0 Å². The summed E-state index contributed by atoms with van der Waals surface area (Å²) >= 11 is 0. The van der Waals surface area contributed by atoms with Crippen molar-refractivity contribution in [2.24, 2.45) is 0 Å². The SMILES string of the molecule is OB(O)c1ccccn1.OB(O)c1ccccn1. The Labute approximate surface area is 105 Å². The molecule has 0 fully saturated rings. The molecule has 6 nitrogen and oxygen atoms in total. The van der Waals surface area contributed by atoms with Crippen LogP contribution < -0.4 is 11.2 Å². The van der Waals surface area contributed by atoms with Crippen molar-refractivity contribution in [3.63, 3.8) is 0 Å². The molecular formula is C10H12B2N2O4. The Bertz CT molecular complexity index is 399. The van der Waals surface area contributed by atoms with Gasteiger partial charge in [0.1, 0.15) is 0 Å². The maximum absolute atomic E-state index is 8.52. The molecule has 0 saturated carbocycles. The van der Waals surface area contributed by atoms with Crippen LogP contribution in [0, 0.1) is 0 Å². The van der Waals surface area contributed by atoms with E-state index in [1.54, 1.807) is 36.4 Å². The summed E-state index contributed by atoms with van der Waals surface area (Å²) in [4.78, 5) is 7.36. The molecule has 4 N–H and O–H groups in total. The average molecular weight is 246 g/mol. The van der Waals surface area contributed by atoms with Crippen molar-refractivity contribution < 1.29 is 20.1 Å². The minimum atomic E-state index is -1.45. The highest BCUT2D eigenvalue weighted by atomic mass is 16.4. The smallest absolute Gasteiger partial charge is 0.422 e. The van der Waals surface area contributed by atoms with E-state index in [1.165, 1.54) is 12.4 Å². The van der Waals surface area contributed by atoms with E-state index in [-0.39, 0.29) is 11.2 Å². The second kappa shape index (κ2) is 7.57. The normalized spacial score (nSPS) is 9.11. The van der Waals surface area contributed by atoms with Crippen LogP contribution in [0.2, 0.25) is 0 Å². The van der Waals surface area contributed by atoms with Crippen LogP contribution in [0.1, 0.15) is 0 Å². The van der Waals surface area contributed by atoms with Gasteiger partial charge in [-0.05, 0) is 24.3 Å². The highest BCUT2D eigenvalue weighted by Crippen LogP contribution is 1.77. The largest absolute Gasteiger partial charge is 0.508 e. The first kappa shape index (κ1) is 14.3. The maximum Gasteiger partial charge on any atom is 0.508 e. The average Bonchev–Trinajstić information content (AvgIpc) is 2.41. The van der Waals surface area contributed by atoms with Gasteiger partial charge in [-0.3, -0.25) is 9.97 Å². The second-order valence-corrected chi connectivity index (χ2v) is 3.26. The molecule has 8 heteroatoms. The van der Waals surface area contributed by atoms with Crippen molar-refractivity contribution >= 4 is 25.4 Å². The van der Waals surface area contributed by atoms with E-state index in [0.717, 1.165) is 0 Å². The zero-order chi connectivity index (χ0) is 13.4. The van der Waals surface area contributed by atoms with Gasteiger partial charge in [0, 0.05) is 12.4 Å². The summed E-state index contributed by atoms with van der Waals surface area (Å²) in [6.07, 6.45) is 3.02. The zero-order valence-corrected chi connectivity index (χ0v) is 9.46. The Morgan fingerprint density at radius 3 is 1.22 bits per heavy atom. The molecule has 0 radical (unpaired) electrons. The summed E-state index contributed by atoms with van der Waals surface area (Å²) in [5, 5.41) is 34.1. The minimum absolute atomic E-state index is 0.275. The van der Waals surface area contributed by atoms with E-state index >= 15 is 0 Å². The molecule has 0 aliphatic rings. The molecule has 0 atom stereocenters. The summed E-state index contributed by atoms with van der Waals surface area (Å²) < 4.78 is 0. The van der Waals surface area contributed by atoms with Gasteiger partial charge < -0.3 is 20.1 Å². The topological polar surface area (TPSA) is 107 Å². The van der Waals surface area contributed by atoms with E-state index in [1.807, 2.05) is 0 Å². The lowest BCUT2D eigenvalue weighted by Gasteiger charge is -1.93. The first-order chi connectivity index (χ1) is 8.61. The fourth-order valence-corrected chi connectivity index (χ4v) is 1.06. The first-order valence-corrected chi connectivity index (χ1v) is 5.15. The molecule has 2 aromatic rings. The van der Waals surface area contributed by atoms with Gasteiger partial charge in [-0.25, -0.2) is 0 Å². The van der Waals surface area contributed by atoms with Gasteiger partial charge in [-0.15, -0.1) is 0 Å². The van der Waals surface area contributed by atoms with E-state index in [9.17, 15) is 0 Å². The lowest BCUT2D eigenvalue weighted by molar-refractivity contribution is 0.423. The van der Waals surface area contributed by atoms with Crippen LogP contribution >= 0.6 is 0 Å². The van der Waals surface area contributed by atoms with E-state index < -0.39 is 14.2 Å². The summed E-state index contributed by atoms with van der Waals surface area (Å²) in [6, 6.07) is 9.91. The molecule has 0 amide bonds. The van der Waals surface area contributed by atoms with Crippen LogP contribution in [0.4, 0.5) is 0 Å². The van der Waals surface area contributed by atoms with Crippen LogP contribution in [-0.2, 0) is 0 Å². The Balaban J connectivity index is 0.000000180. The van der Waals surface area contributed by atoms with Crippen molar-refractivity contribution in [2.75, 3.05) is 0 Å². The summed E-state index contributed by atoms with van der Waals surface area (Å²) in [5.74, 6) is 0. The fraction of sp³-hybridized carbons (Fsp3) is 0. The van der Waals surface area contributed by atoms with Gasteiger partial charge in [0.25, 0.3) is 0 Å². The third-order valence-corrected chi connectivity index (χ3v) is 1.90. The summed E-state index contributed by atoms with van der Waals surface area (Å²) in [6.45, 7) is 0. The van der Waals surface area contributed by atoms with Gasteiger partial charge in [0.05, 0.1) is 11.2 Å². The Kier molecular flexibility index (Phi) is 6.03. The van der Waals surface area contributed by atoms with Gasteiger partial charge in [0.15, 0.2) is 0 Å². The molecule has 2 rings (SSSR count). The predicted molar refractivity (Wildman–Crippen MR) is 68.1 cm³/mol. The highest BCUT2D eigenvalue weighted by Gasteiger charge is 2.10. The van der Waals surface area contributed by atoms with Gasteiger partial charge >= 0.3 is 14.2 Å². The Morgan fingerprint density at radius 2 is 1.06 bits per heavy atom. The third kappa shape index (κ3) is 5.07. The molecule has 0 aliphatic carbocycles. The van der Waals surface area contributed by atoms with Crippen molar-refractivity contribution in [3.05, 3.63) is 48.8 Å². The minimum Gasteiger partial charge on any atom is -0.422 e. The number of hydrogen-bond acceptors (Lipinski definition) is 6. The summed E-state index contributed by atoms with van der Waals surface area (Å²) in [7, 11) is -2.91. The molecule has 2 heterocycles. The molecule has 0 saturated heterocycles. The first-order valence-electron chi connectivity index (χ1n) is 5.15. The summed E-state index contributed by atoms with van der Waals surface area (Å²) in [5.41, 5.74) is 0.551. The fourth-order valence-electron chi connectivity index (χ4n) is 1.06. The maximum atomic E-state index is 8.52. The lowest BCUT2D eigenvalue weighted by atomic mass is 9.86. The Hall–Kier alpha value is -1.73. The predicted octanol–water partition coefficient (Wildman–Crippen LogP) is -2.48. The van der Waals surface area contributed by atoms with Crippen LogP contribution in [0.3, 0.4) is 0 Å². The molecule has 0 spiro atoms. The van der Waals surface area contributed by atoms with Crippen LogP contribution in [0.15, 0.2) is 48.8 Å². The number of hydrogen-bond donors (Lipinski definition) is 4. The molecule has 0 bridgehead atoms. The number of nitrogens with zero attached hydrogens (tertiary/aromatic N) is 2. The monoisotopic (exact) mass is 246 g/mol. The van der Waals surface area contributed by atoms with Crippen molar-refractivity contribution in [2.45, 2.75) is 0 Å². The number of rotatable bonds is 2. The quantitative estimate of drug-likeness (QED) is 0.437. The highest BCUT2D eigenvalue weighted by molar-refractivity contribution is 6.57. The zero-order valence-electron chi connectivity index (χ0n) is 9.46. The van der Waals surface area contributed by atoms with E-state index in [4.69, 9.17) is 20.1 Å². The van der Waals surface area contributed by atoms with Crippen LogP contribution in [-0.4, -0.2) is 44.3 Å². The van der Waals surface area contributed by atoms with Gasteiger partial charge in [0.2, 0.25) is 0 Å². The van der Waals surface area contributed by atoms with Crippen molar-refractivity contribution in [3.8, 4) is 0 Å². The Morgan fingerprint density at radius 1 is 0.667 bits per heavy atom. The van der Waals surface area contributed by atoms with E-state index in [2.05, 4.69) is 9.97 Å². The molecule has 0 aromatic carbocycles. The standard InChI is InChI=1S/2C5H6BNO2/c2*8-6(9)5-3-1-2-4-7-5/h2*1-4,8-9H. The van der Waals surface area contributed by atoms with Crippen molar-refractivity contribution in [1.29, 1.82) is 0 Å². The van der Waals surface area contributed by atoms with Crippen LogP contribution in [0.5, 0.6) is 0 Å². The van der Waals surface area contributed by atoms with Crippen molar-refractivity contribution in [1.82, 2.24) is 9.97 Å². The number of pyridine rings is 2. The molecule has 2 aromatic heterocycles. The second-order valence-electron chi connectivity index (χ2n) is 3.26. The van der Waals surface area contributed by atoms with E-state index in [0.29, 0.717) is 0 Å². The molecular weight excluding hydrogens is 234 g/mol. The molecule has 0 aliphatic heterocycles. The molecule has 92 valence electrons. The van der Waals surface area contributed by atoms with Crippen LogP contribution in [0.25, 0.3) is 0 Å². The lowest BCUT2D eigenvalue weighted by Crippen LogP contribution is -2.31. The third-order valence-electron chi connectivity index (χ3n) is 1.90.